The second-order valence-electron chi connectivity index (χ2n) is 6.39. The van der Waals surface area contributed by atoms with E-state index >= 15 is 0 Å². The van der Waals surface area contributed by atoms with Crippen molar-refractivity contribution >= 4 is 11.3 Å². The Morgan fingerprint density at radius 1 is 1.36 bits per heavy atom. The zero-order chi connectivity index (χ0) is 17.1. The normalized spacial score (nSPS) is 17.9. The van der Waals surface area contributed by atoms with Crippen LogP contribution in [-0.4, -0.2) is 35.1 Å². The largest absolute Gasteiger partial charge is 0.497 e. The van der Waals surface area contributed by atoms with Gasteiger partial charge in [0.25, 0.3) is 0 Å². The second-order valence-corrected chi connectivity index (χ2v) is 7.11. The summed E-state index contributed by atoms with van der Waals surface area (Å²) in [7, 11) is 1.68. The van der Waals surface area contributed by atoms with Crippen LogP contribution in [0.1, 0.15) is 35.2 Å². The van der Waals surface area contributed by atoms with Gasteiger partial charge in [-0.2, -0.15) is 0 Å². The molecule has 1 fully saturated rings. The highest BCUT2D eigenvalue weighted by Gasteiger charge is 2.27. The number of ether oxygens (including phenoxy) is 1. The van der Waals surface area contributed by atoms with Crippen LogP contribution in [0.4, 0.5) is 0 Å². The van der Waals surface area contributed by atoms with Crippen LogP contribution in [0.25, 0.3) is 0 Å². The van der Waals surface area contributed by atoms with Crippen LogP contribution in [0, 0.1) is 0 Å². The van der Waals surface area contributed by atoms with Crippen LogP contribution in [0.15, 0.2) is 45.8 Å². The van der Waals surface area contributed by atoms with Crippen molar-refractivity contribution in [1.29, 1.82) is 0 Å². The minimum Gasteiger partial charge on any atom is -0.497 e. The first-order chi connectivity index (χ1) is 12.3. The molecule has 130 valence electrons. The lowest BCUT2D eigenvalue weighted by atomic mass is 10.1. The summed E-state index contributed by atoms with van der Waals surface area (Å²) >= 11 is 1.65. The SMILES string of the molecule is COc1cccc(Cc2cnc([C@H]3CCN(Cc4cscn4)C3)o2)c1. The van der Waals surface area contributed by atoms with Gasteiger partial charge in [-0.1, -0.05) is 12.1 Å². The molecule has 4 rings (SSSR count). The number of nitrogens with zero attached hydrogens (tertiary/aromatic N) is 3. The number of rotatable bonds is 6. The summed E-state index contributed by atoms with van der Waals surface area (Å²) in [6.45, 7) is 2.96. The maximum absolute atomic E-state index is 6.04. The monoisotopic (exact) mass is 355 g/mol. The Bertz CT molecular complexity index is 816. The summed E-state index contributed by atoms with van der Waals surface area (Å²) in [4.78, 5) is 11.3. The number of oxazole rings is 1. The van der Waals surface area contributed by atoms with E-state index in [-0.39, 0.29) is 0 Å². The summed E-state index contributed by atoms with van der Waals surface area (Å²) in [5.74, 6) is 3.00. The number of thiazole rings is 1. The van der Waals surface area contributed by atoms with E-state index in [1.807, 2.05) is 29.9 Å². The van der Waals surface area contributed by atoms with Gasteiger partial charge in [-0.25, -0.2) is 9.97 Å². The molecule has 1 atom stereocenters. The van der Waals surface area contributed by atoms with E-state index in [1.165, 1.54) is 5.56 Å². The molecule has 0 aliphatic carbocycles. The average Bonchev–Trinajstić information content (AvgIpc) is 3.37. The van der Waals surface area contributed by atoms with Gasteiger partial charge < -0.3 is 9.15 Å². The molecule has 1 aliphatic heterocycles. The average molecular weight is 355 g/mol. The van der Waals surface area contributed by atoms with Crippen LogP contribution in [0.5, 0.6) is 5.75 Å². The molecule has 0 bridgehead atoms. The molecular formula is C19H21N3O2S. The smallest absolute Gasteiger partial charge is 0.198 e. The Hall–Kier alpha value is -2.18. The molecule has 0 spiro atoms. The molecule has 0 saturated carbocycles. The van der Waals surface area contributed by atoms with Crippen LogP contribution in [0.3, 0.4) is 0 Å². The van der Waals surface area contributed by atoms with Crippen molar-refractivity contribution in [2.45, 2.75) is 25.3 Å². The summed E-state index contributed by atoms with van der Waals surface area (Å²) in [6, 6.07) is 8.06. The zero-order valence-electron chi connectivity index (χ0n) is 14.2. The van der Waals surface area contributed by atoms with Gasteiger partial charge in [-0.05, 0) is 30.7 Å². The van der Waals surface area contributed by atoms with Crippen molar-refractivity contribution in [2.75, 3.05) is 20.2 Å². The first-order valence-electron chi connectivity index (χ1n) is 8.47. The molecule has 5 nitrogen and oxygen atoms in total. The Balaban J connectivity index is 1.38. The summed E-state index contributed by atoms with van der Waals surface area (Å²) in [6.07, 6.45) is 3.68. The van der Waals surface area contributed by atoms with Crippen molar-refractivity contribution in [2.24, 2.45) is 0 Å². The summed E-state index contributed by atoms with van der Waals surface area (Å²) in [5, 5.41) is 2.12. The number of hydrogen-bond acceptors (Lipinski definition) is 6. The highest BCUT2D eigenvalue weighted by Crippen LogP contribution is 2.28. The van der Waals surface area contributed by atoms with Crippen LogP contribution >= 0.6 is 11.3 Å². The lowest BCUT2D eigenvalue weighted by Crippen LogP contribution is -2.19. The molecule has 0 N–H and O–H groups in total. The molecule has 0 amide bonds. The van der Waals surface area contributed by atoms with E-state index in [1.54, 1.807) is 18.4 Å². The molecule has 3 heterocycles. The van der Waals surface area contributed by atoms with E-state index in [0.29, 0.717) is 5.92 Å². The predicted molar refractivity (Wildman–Crippen MR) is 97.1 cm³/mol. The highest BCUT2D eigenvalue weighted by atomic mass is 32.1. The van der Waals surface area contributed by atoms with Crippen LogP contribution < -0.4 is 4.74 Å². The van der Waals surface area contributed by atoms with Crippen molar-refractivity contribution in [3.8, 4) is 5.75 Å². The standard InChI is InChI=1S/C19H21N3O2S/c1-23-17-4-2-3-14(7-17)8-18-9-20-19(24-18)15-5-6-22(10-15)11-16-12-25-13-21-16/h2-4,7,9,12-13,15H,5-6,8,10-11H2,1H3/t15-/m0/s1. The van der Waals surface area contributed by atoms with E-state index in [2.05, 4.69) is 26.3 Å². The zero-order valence-corrected chi connectivity index (χ0v) is 15.0. The van der Waals surface area contributed by atoms with Crippen molar-refractivity contribution in [3.05, 3.63) is 64.3 Å². The molecule has 1 aromatic carbocycles. The fraction of sp³-hybridized carbons (Fsp3) is 0.368. The topological polar surface area (TPSA) is 51.4 Å². The molecule has 6 heteroatoms. The molecular weight excluding hydrogens is 334 g/mol. The van der Waals surface area contributed by atoms with Gasteiger partial charge in [0.1, 0.15) is 11.5 Å². The highest BCUT2D eigenvalue weighted by molar-refractivity contribution is 7.07. The minimum absolute atomic E-state index is 0.373. The van der Waals surface area contributed by atoms with Gasteiger partial charge in [0.15, 0.2) is 5.89 Å². The maximum Gasteiger partial charge on any atom is 0.198 e. The molecule has 1 saturated heterocycles. The van der Waals surface area contributed by atoms with E-state index in [4.69, 9.17) is 9.15 Å². The van der Waals surface area contributed by atoms with E-state index in [0.717, 1.165) is 55.6 Å². The first kappa shape index (κ1) is 16.3. The van der Waals surface area contributed by atoms with Gasteiger partial charge >= 0.3 is 0 Å². The third kappa shape index (κ3) is 3.91. The maximum atomic E-state index is 6.04. The second kappa shape index (κ2) is 7.37. The Morgan fingerprint density at radius 3 is 3.16 bits per heavy atom. The summed E-state index contributed by atoms with van der Waals surface area (Å²) < 4.78 is 11.3. The number of methoxy groups -OCH3 is 1. The van der Waals surface area contributed by atoms with Gasteiger partial charge in [0, 0.05) is 30.8 Å². The first-order valence-corrected chi connectivity index (χ1v) is 9.41. The fourth-order valence-corrected chi connectivity index (χ4v) is 3.85. The van der Waals surface area contributed by atoms with E-state index < -0.39 is 0 Å². The number of hydrogen-bond donors (Lipinski definition) is 0. The Labute approximate surface area is 151 Å². The predicted octanol–water partition coefficient (Wildman–Crippen LogP) is 3.72. The van der Waals surface area contributed by atoms with Gasteiger partial charge in [0.05, 0.1) is 24.5 Å². The van der Waals surface area contributed by atoms with Crippen LogP contribution in [-0.2, 0) is 13.0 Å². The van der Waals surface area contributed by atoms with Crippen LogP contribution in [0.2, 0.25) is 0 Å². The quantitative estimate of drug-likeness (QED) is 0.674. The fourth-order valence-electron chi connectivity index (χ4n) is 3.30. The molecule has 3 aromatic rings. The Morgan fingerprint density at radius 2 is 2.32 bits per heavy atom. The van der Waals surface area contributed by atoms with Gasteiger partial charge in [-0.15, -0.1) is 11.3 Å². The molecule has 0 unspecified atom stereocenters. The number of likely N-dealkylation sites (tertiary alicyclic amines) is 1. The lowest BCUT2D eigenvalue weighted by molar-refractivity contribution is 0.315. The molecule has 1 aliphatic rings. The van der Waals surface area contributed by atoms with Crippen molar-refractivity contribution in [1.82, 2.24) is 14.9 Å². The molecule has 25 heavy (non-hydrogen) atoms. The van der Waals surface area contributed by atoms with Gasteiger partial charge in [-0.3, -0.25) is 4.90 Å². The number of benzene rings is 1. The third-order valence-electron chi connectivity index (χ3n) is 4.57. The van der Waals surface area contributed by atoms with E-state index in [9.17, 15) is 0 Å². The number of aromatic nitrogens is 2. The summed E-state index contributed by atoms with van der Waals surface area (Å²) in [5.41, 5.74) is 4.21. The van der Waals surface area contributed by atoms with Crippen molar-refractivity contribution < 1.29 is 9.15 Å². The van der Waals surface area contributed by atoms with Crippen molar-refractivity contribution in [3.63, 3.8) is 0 Å². The molecule has 0 radical (unpaired) electrons. The molecule has 2 aromatic heterocycles. The Kier molecular flexibility index (Phi) is 4.81. The lowest BCUT2D eigenvalue weighted by Gasteiger charge is -2.13. The minimum atomic E-state index is 0.373. The van der Waals surface area contributed by atoms with Gasteiger partial charge in [0.2, 0.25) is 0 Å². The third-order valence-corrected chi connectivity index (χ3v) is 5.21.